The molecule has 30 valence electrons. The van der Waals surface area contributed by atoms with Crippen molar-refractivity contribution < 1.29 is 61.1 Å². The summed E-state index contributed by atoms with van der Waals surface area (Å²) in [6.07, 6.45) is 0. The fourth-order valence-electron chi connectivity index (χ4n) is 0. The van der Waals surface area contributed by atoms with Crippen LogP contribution in [0.1, 0.15) is 0 Å². The summed E-state index contributed by atoms with van der Waals surface area (Å²) < 4.78 is 0. The molecule has 2 radical (unpaired) electrons. The largest absolute Gasteiger partial charge is 0.0149 e. The van der Waals surface area contributed by atoms with Crippen LogP contribution < -0.4 is 0 Å². The maximum absolute atomic E-state index is 0. The minimum atomic E-state index is 0. The van der Waals surface area contributed by atoms with E-state index < -0.39 is 0 Å². The van der Waals surface area contributed by atoms with Crippen molar-refractivity contribution in [1.29, 1.82) is 0 Å². The predicted molar refractivity (Wildman–Crippen MR) is 11.3 cm³/mol. The Bertz CT molecular complexity index is 8.00. The third-order valence-electron chi connectivity index (χ3n) is 0. The van der Waals surface area contributed by atoms with Gasteiger partial charge in [-0.15, -0.1) is 0 Å². The third kappa shape index (κ3) is 8.90. The van der Waals surface area contributed by atoms with Crippen molar-refractivity contribution in [2.24, 2.45) is 0 Å². The Morgan fingerprint density at radius 3 is 1.00 bits per heavy atom. The minimum absolute atomic E-state index is 0. The second kappa shape index (κ2) is 19.1. The van der Waals surface area contributed by atoms with E-state index >= 15 is 0 Å². The molecule has 0 fully saturated rings. The molecule has 0 amide bonds. The summed E-state index contributed by atoms with van der Waals surface area (Å²) >= 11 is 0. The van der Waals surface area contributed by atoms with E-state index in [1.807, 2.05) is 0 Å². The van der Waals surface area contributed by atoms with Crippen LogP contribution in [0.2, 0.25) is 0 Å². The Morgan fingerprint density at radius 1 is 1.00 bits per heavy atom. The average molecular weight is 267 g/mol. The van der Waals surface area contributed by atoms with E-state index in [9.17, 15) is 0 Å². The zero-order valence-electron chi connectivity index (χ0n) is 1.34. The molecule has 0 unspecified atom stereocenters. The van der Waals surface area contributed by atoms with Gasteiger partial charge in [-0.1, -0.05) is 0 Å². The van der Waals surface area contributed by atoms with Crippen LogP contribution in [-0.2, 0) is 61.1 Å². The molecule has 0 atom stereocenters. The van der Waals surface area contributed by atoms with E-state index in [2.05, 4.69) is 0 Å². The van der Waals surface area contributed by atoms with Gasteiger partial charge in [0, 0.05) is 61.1 Å². The number of hydrogen-bond donors (Lipinski definition) is 0. The van der Waals surface area contributed by atoms with Crippen LogP contribution in [0, 0.1) is 0 Å². The smallest absolute Gasteiger partial charge is 0 e. The Morgan fingerprint density at radius 2 is 1.00 bits per heavy atom. The first kappa shape index (κ1) is 35.1. The number of hydrogen-bond acceptors (Lipinski definition) is 0. The van der Waals surface area contributed by atoms with E-state index in [-0.39, 0.29) is 72.1 Å². The summed E-state index contributed by atoms with van der Waals surface area (Å²) in [6, 6.07) is 0. The van der Waals surface area contributed by atoms with Gasteiger partial charge in [-0.05, 0) is 11.0 Å². The second-order valence-electron chi connectivity index (χ2n) is 0. The van der Waals surface area contributed by atoms with Crippen molar-refractivity contribution >= 4 is 11.0 Å². The second-order valence-corrected chi connectivity index (χ2v) is 0. The van der Waals surface area contributed by atoms with Gasteiger partial charge >= 0.3 is 0 Å². The summed E-state index contributed by atoms with van der Waals surface area (Å²) in [5.74, 6) is 0. The normalized spacial score (nSPS) is 0. The van der Waals surface area contributed by atoms with E-state index in [1.54, 1.807) is 0 Å². The number of rotatable bonds is 0. The molecular formula is H4CdCoCuSi. The molecule has 0 rings (SSSR count). The van der Waals surface area contributed by atoms with Gasteiger partial charge in [0.1, 0.15) is 0 Å². The maximum Gasteiger partial charge on any atom is 0 e. The van der Waals surface area contributed by atoms with Crippen molar-refractivity contribution in [2.75, 3.05) is 0 Å². The minimum Gasteiger partial charge on any atom is -0.0149 e. The van der Waals surface area contributed by atoms with Crippen molar-refractivity contribution in [3.8, 4) is 0 Å². The summed E-state index contributed by atoms with van der Waals surface area (Å²) in [4.78, 5) is 0. The van der Waals surface area contributed by atoms with Crippen molar-refractivity contribution in [3.63, 3.8) is 0 Å². The summed E-state index contributed by atoms with van der Waals surface area (Å²) in [7, 11) is 0. The van der Waals surface area contributed by atoms with Crippen LogP contribution in [0.3, 0.4) is 0 Å². The first-order valence-electron chi connectivity index (χ1n) is 0. The molecule has 0 aromatic carbocycles. The monoisotopic (exact) mass is 268 g/mol. The molecule has 0 saturated carbocycles. The zero-order chi connectivity index (χ0) is 0. The van der Waals surface area contributed by atoms with Gasteiger partial charge in [-0.3, -0.25) is 0 Å². The molecular weight excluding hydrogens is 263 g/mol. The molecule has 0 aromatic rings. The zero-order valence-corrected chi connectivity index (χ0v) is 7.36. The summed E-state index contributed by atoms with van der Waals surface area (Å²) in [6.45, 7) is 0. The van der Waals surface area contributed by atoms with Gasteiger partial charge in [-0.25, -0.2) is 0 Å². The van der Waals surface area contributed by atoms with Crippen LogP contribution in [0.4, 0.5) is 0 Å². The van der Waals surface area contributed by atoms with E-state index in [1.165, 1.54) is 0 Å². The SMILES string of the molecule is [Cd].[Co].[Cu].[SiH4]. The molecule has 0 aliphatic carbocycles. The molecule has 0 nitrogen and oxygen atoms in total. The maximum atomic E-state index is 0. The topological polar surface area (TPSA) is 0 Å². The molecule has 0 spiro atoms. The van der Waals surface area contributed by atoms with E-state index in [0.29, 0.717) is 0 Å². The predicted octanol–water partition coefficient (Wildman–Crippen LogP) is -1.46. The fourth-order valence-corrected chi connectivity index (χ4v) is 0. The first-order valence-corrected chi connectivity index (χ1v) is 0. The molecule has 0 heterocycles. The van der Waals surface area contributed by atoms with Gasteiger partial charge in [0.05, 0.1) is 0 Å². The Labute approximate surface area is 71.3 Å². The quantitative estimate of drug-likeness (QED) is 0.471. The van der Waals surface area contributed by atoms with Crippen LogP contribution in [0.5, 0.6) is 0 Å². The summed E-state index contributed by atoms with van der Waals surface area (Å²) in [5, 5.41) is 0. The van der Waals surface area contributed by atoms with Gasteiger partial charge < -0.3 is 0 Å². The Hall–Kier alpha value is 2.16. The van der Waals surface area contributed by atoms with Crippen molar-refractivity contribution in [1.82, 2.24) is 0 Å². The molecule has 4 heavy (non-hydrogen) atoms. The first-order chi connectivity index (χ1) is 0. The summed E-state index contributed by atoms with van der Waals surface area (Å²) in [5.41, 5.74) is 0. The van der Waals surface area contributed by atoms with Crippen molar-refractivity contribution in [2.45, 2.75) is 0 Å². The van der Waals surface area contributed by atoms with Gasteiger partial charge in [0.15, 0.2) is 0 Å². The van der Waals surface area contributed by atoms with Crippen LogP contribution in [-0.4, -0.2) is 11.0 Å². The van der Waals surface area contributed by atoms with Crippen LogP contribution in [0.15, 0.2) is 0 Å². The van der Waals surface area contributed by atoms with Gasteiger partial charge in [-0.2, -0.15) is 0 Å². The van der Waals surface area contributed by atoms with E-state index in [0.717, 1.165) is 0 Å². The molecule has 0 N–H and O–H groups in total. The third-order valence-corrected chi connectivity index (χ3v) is 0. The van der Waals surface area contributed by atoms with Crippen LogP contribution >= 0.6 is 0 Å². The van der Waals surface area contributed by atoms with Gasteiger partial charge in [0.2, 0.25) is 0 Å². The van der Waals surface area contributed by atoms with E-state index in [4.69, 9.17) is 0 Å². The Kier molecular flexibility index (Phi) is 168. The molecule has 0 aliphatic heterocycles. The Balaban J connectivity index is 0. The van der Waals surface area contributed by atoms with Crippen molar-refractivity contribution in [3.05, 3.63) is 0 Å². The average Bonchev–Trinajstić information content (AvgIpc) is 0. The fraction of sp³-hybridized carbons (Fsp3) is 0. The molecule has 0 saturated heterocycles. The molecule has 0 aliphatic rings. The van der Waals surface area contributed by atoms with Crippen LogP contribution in [0.25, 0.3) is 0 Å². The molecule has 0 aromatic heterocycles. The molecule has 4 heteroatoms. The standard InChI is InChI=1S/Cd.Co.Cu.H4Si/h;;;1H4. The molecule has 0 bridgehead atoms. The van der Waals surface area contributed by atoms with Gasteiger partial charge in [0.25, 0.3) is 0 Å².